The molecule has 3 aromatic carbocycles. The van der Waals surface area contributed by atoms with Crippen LogP contribution >= 0.6 is 0 Å². The van der Waals surface area contributed by atoms with Crippen molar-refractivity contribution in [1.82, 2.24) is 9.97 Å². The number of aryl methyl sites for hydroxylation is 5. The van der Waals surface area contributed by atoms with Gasteiger partial charge in [0.1, 0.15) is 11.6 Å². The standard InChI is InChI=1S/C29H27F5N2O/c1-2-3-4-20-16-35-26(36-17-20)12-7-18-6-11-23-22(13-18)10-9-21(27(23)32)8-5-19-14-24(30)28(25(31)15-19)37-29(33)34/h6,9-11,13-17,29H,2-5,7-8,12H2,1H3. The molecule has 37 heavy (non-hydrogen) atoms. The van der Waals surface area contributed by atoms with Gasteiger partial charge in [0.15, 0.2) is 17.4 Å². The number of alkyl halides is 2. The Morgan fingerprint density at radius 3 is 2.14 bits per heavy atom. The lowest BCUT2D eigenvalue weighted by molar-refractivity contribution is -0.0546. The van der Waals surface area contributed by atoms with Gasteiger partial charge >= 0.3 is 6.61 Å². The lowest BCUT2D eigenvalue weighted by Gasteiger charge is -2.11. The number of aromatic nitrogens is 2. The van der Waals surface area contributed by atoms with Crippen molar-refractivity contribution in [2.24, 2.45) is 0 Å². The van der Waals surface area contributed by atoms with Crippen LogP contribution in [0.4, 0.5) is 22.0 Å². The number of nitrogens with zero attached hydrogens (tertiary/aromatic N) is 2. The Balaban J connectivity index is 1.41. The van der Waals surface area contributed by atoms with E-state index < -0.39 is 29.8 Å². The molecule has 0 radical (unpaired) electrons. The summed E-state index contributed by atoms with van der Waals surface area (Å²) in [5.74, 6) is -3.20. The summed E-state index contributed by atoms with van der Waals surface area (Å²) in [6.45, 7) is -1.19. The molecular formula is C29H27F5N2O. The average molecular weight is 515 g/mol. The molecule has 0 aliphatic heterocycles. The van der Waals surface area contributed by atoms with Crippen LogP contribution in [0.25, 0.3) is 10.8 Å². The number of benzene rings is 3. The number of hydrogen-bond acceptors (Lipinski definition) is 3. The Labute approximate surface area is 212 Å². The predicted molar refractivity (Wildman–Crippen MR) is 132 cm³/mol. The Morgan fingerprint density at radius 2 is 1.46 bits per heavy atom. The van der Waals surface area contributed by atoms with Gasteiger partial charge in [-0.15, -0.1) is 0 Å². The maximum absolute atomic E-state index is 15.2. The van der Waals surface area contributed by atoms with Crippen molar-refractivity contribution >= 4 is 10.8 Å². The number of unbranched alkanes of at least 4 members (excludes halogenated alkanes) is 1. The van der Waals surface area contributed by atoms with E-state index in [1.54, 1.807) is 12.1 Å². The SMILES string of the molecule is CCCCc1cnc(CCc2ccc3c(F)c(CCc4cc(F)c(OC(F)F)c(F)c4)ccc3c2)nc1. The van der Waals surface area contributed by atoms with Gasteiger partial charge < -0.3 is 4.74 Å². The van der Waals surface area contributed by atoms with E-state index in [-0.39, 0.29) is 18.4 Å². The van der Waals surface area contributed by atoms with E-state index in [2.05, 4.69) is 21.6 Å². The lowest BCUT2D eigenvalue weighted by Crippen LogP contribution is -2.06. The molecule has 4 aromatic rings. The Morgan fingerprint density at radius 1 is 0.757 bits per heavy atom. The minimum Gasteiger partial charge on any atom is -0.429 e. The van der Waals surface area contributed by atoms with Gasteiger partial charge in [-0.25, -0.2) is 23.1 Å². The molecule has 8 heteroatoms. The van der Waals surface area contributed by atoms with Crippen molar-refractivity contribution in [3.05, 3.63) is 100 Å². The first kappa shape index (κ1) is 26.5. The topological polar surface area (TPSA) is 35.0 Å². The largest absolute Gasteiger partial charge is 0.429 e. The monoisotopic (exact) mass is 514 g/mol. The van der Waals surface area contributed by atoms with E-state index in [9.17, 15) is 17.6 Å². The van der Waals surface area contributed by atoms with Crippen molar-refractivity contribution < 1.29 is 26.7 Å². The van der Waals surface area contributed by atoms with E-state index in [0.29, 0.717) is 17.4 Å². The van der Waals surface area contributed by atoms with Crippen LogP contribution < -0.4 is 4.74 Å². The van der Waals surface area contributed by atoms with Crippen LogP contribution in [-0.4, -0.2) is 16.6 Å². The van der Waals surface area contributed by atoms with Gasteiger partial charge in [0.2, 0.25) is 0 Å². The smallest absolute Gasteiger partial charge is 0.387 e. The van der Waals surface area contributed by atoms with Crippen molar-refractivity contribution in [1.29, 1.82) is 0 Å². The van der Waals surface area contributed by atoms with E-state index in [0.717, 1.165) is 60.2 Å². The maximum atomic E-state index is 15.2. The average Bonchev–Trinajstić information content (AvgIpc) is 2.88. The number of halogens is 5. The highest BCUT2D eigenvalue weighted by molar-refractivity contribution is 5.84. The van der Waals surface area contributed by atoms with E-state index in [1.165, 1.54) is 0 Å². The number of hydrogen-bond donors (Lipinski definition) is 0. The van der Waals surface area contributed by atoms with Crippen LogP contribution in [0.3, 0.4) is 0 Å². The fourth-order valence-electron chi connectivity index (χ4n) is 4.25. The highest BCUT2D eigenvalue weighted by Gasteiger charge is 2.17. The van der Waals surface area contributed by atoms with Crippen LogP contribution in [0.15, 0.2) is 54.9 Å². The minimum absolute atomic E-state index is 0.126. The predicted octanol–water partition coefficient (Wildman–Crippen LogP) is 7.56. The lowest BCUT2D eigenvalue weighted by atomic mass is 9.98. The van der Waals surface area contributed by atoms with Crippen molar-refractivity contribution in [2.75, 3.05) is 0 Å². The first-order valence-corrected chi connectivity index (χ1v) is 12.3. The fourth-order valence-corrected chi connectivity index (χ4v) is 4.25. The molecule has 0 atom stereocenters. The Kier molecular flexibility index (Phi) is 8.69. The van der Waals surface area contributed by atoms with Gasteiger partial charge in [-0.05, 0) is 71.9 Å². The number of fused-ring (bicyclic) bond motifs is 1. The van der Waals surface area contributed by atoms with Gasteiger partial charge in [0.25, 0.3) is 0 Å². The van der Waals surface area contributed by atoms with Gasteiger partial charge in [-0.1, -0.05) is 43.7 Å². The molecule has 0 saturated carbocycles. The van der Waals surface area contributed by atoms with E-state index in [4.69, 9.17) is 0 Å². The van der Waals surface area contributed by atoms with Crippen molar-refractivity contribution in [2.45, 2.75) is 58.5 Å². The van der Waals surface area contributed by atoms with E-state index in [1.807, 2.05) is 30.6 Å². The molecular weight excluding hydrogens is 487 g/mol. The Hall–Kier alpha value is -3.55. The third kappa shape index (κ3) is 6.81. The van der Waals surface area contributed by atoms with E-state index >= 15 is 4.39 Å². The molecule has 0 fully saturated rings. The molecule has 0 bridgehead atoms. The molecule has 0 aliphatic rings. The maximum Gasteiger partial charge on any atom is 0.387 e. The summed E-state index contributed by atoms with van der Waals surface area (Å²) in [5, 5.41) is 1.20. The highest BCUT2D eigenvalue weighted by atomic mass is 19.3. The van der Waals surface area contributed by atoms with Gasteiger partial charge in [-0.3, -0.25) is 0 Å². The molecule has 3 nitrogen and oxygen atoms in total. The Bertz CT molecular complexity index is 1340. The van der Waals surface area contributed by atoms with Crippen LogP contribution in [0.1, 0.15) is 47.8 Å². The molecule has 1 heterocycles. The summed E-state index contributed by atoms with van der Waals surface area (Å²) in [6.07, 6.45) is 8.68. The summed E-state index contributed by atoms with van der Waals surface area (Å²) in [6, 6.07) is 10.9. The number of rotatable bonds is 11. The van der Waals surface area contributed by atoms with Crippen LogP contribution in [0.5, 0.6) is 5.75 Å². The molecule has 0 unspecified atom stereocenters. The van der Waals surface area contributed by atoms with Gasteiger partial charge in [0, 0.05) is 24.2 Å². The second-order valence-electron chi connectivity index (χ2n) is 8.97. The van der Waals surface area contributed by atoms with Crippen molar-refractivity contribution in [3.63, 3.8) is 0 Å². The summed E-state index contributed by atoms with van der Waals surface area (Å²) < 4.78 is 71.6. The second-order valence-corrected chi connectivity index (χ2v) is 8.97. The highest BCUT2D eigenvalue weighted by Crippen LogP contribution is 2.27. The van der Waals surface area contributed by atoms with Gasteiger partial charge in [-0.2, -0.15) is 8.78 Å². The van der Waals surface area contributed by atoms with Crippen molar-refractivity contribution in [3.8, 4) is 5.75 Å². The molecule has 194 valence electrons. The summed E-state index contributed by atoms with van der Waals surface area (Å²) in [4.78, 5) is 8.90. The molecule has 0 N–H and O–H groups in total. The first-order chi connectivity index (χ1) is 17.8. The summed E-state index contributed by atoms with van der Waals surface area (Å²) in [7, 11) is 0. The van der Waals surface area contributed by atoms with Crippen LogP contribution in [0, 0.1) is 17.5 Å². The first-order valence-electron chi connectivity index (χ1n) is 12.3. The zero-order valence-electron chi connectivity index (χ0n) is 20.4. The van der Waals surface area contributed by atoms with Crippen LogP contribution in [-0.2, 0) is 32.1 Å². The zero-order chi connectivity index (χ0) is 26.4. The molecule has 0 amide bonds. The third-order valence-corrected chi connectivity index (χ3v) is 6.26. The fraction of sp³-hybridized carbons (Fsp3) is 0.310. The molecule has 1 aromatic heterocycles. The van der Waals surface area contributed by atoms with Gasteiger partial charge in [0.05, 0.1) is 0 Å². The summed E-state index contributed by atoms with van der Waals surface area (Å²) >= 11 is 0. The quantitative estimate of drug-likeness (QED) is 0.194. The molecule has 0 saturated heterocycles. The number of ether oxygens (including phenoxy) is 1. The molecule has 0 spiro atoms. The second kappa shape index (κ2) is 12.1. The normalized spacial score (nSPS) is 11.4. The third-order valence-electron chi connectivity index (χ3n) is 6.26. The molecule has 4 rings (SSSR count). The zero-order valence-corrected chi connectivity index (χ0v) is 20.4. The summed E-state index contributed by atoms with van der Waals surface area (Å²) in [5.41, 5.74) is 2.78. The van der Waals surface area contributed by atoms with Crippen LogP contribution in [0.2, 0.25) is 0 Å². The minimum atomic E-state index is -3.34. The molecule has 0 aliphatic carbocycles.